The van der Waals surface area contributed by atoms with Gasteiger partial charge in [-0.2, -0.15) is 0 Å². The number of nitrogens with one attached hydrogen (secondary N) is 2. The molecular formula is C24H17Cl5N2O2. The zero-order valence-electron chi connectivity index (χ0n) is 17.1. The van der Waals surface area contributed by atoms with Crippen molar-refractivity contribution in [2.75, 3.05) is 10.6 Å². The molecule has 0 saturated heterocycles. The van der Waals surface area contributed by atoms with Crippen LogP contribution in [0.25, 0.3) is 0 Å². The molecule has 33 heavy (non-hydrogen) atoms. The average Bonchev–Trinajstić information content (AvgIpc) is 3.32. The maximum atomic E-state index is 13.0. The molecular weight excluding hydrogens is 526 g/mol. The van der Waals surface area contributed by atoms with Gasteiger partial charge in [-0.3, -0.25) is 9.59 Å². The molecule has 0 heterocycles. The lowest BCUT2D eigenvalue weighted by molar-refractivity contribution is -0.117. The molecule has 3 aromatic carbocycles. The summed E-state index contributed by atoms with van der Waals surface area (Å²) in [6.45, 7) is 1.95. The Balaban J connectivity index is 1.50. The molecule has 0 aliphatic heterocycles. The van der Waals surface area contributed by atoms with Gasteiger partial charge in [0.1, 0.15) is 4.33 Å². The minimum absolute atomic E-state index is 0.215. The predicted octanol–water partition coefficient (Wildman–Crippen LogP) is 7.73. The maximum Gasteiger partial charge on any atom is 0.257 e. The van der Waals surface area contributed by atoms with Crippen LogP contribution in [-0.4, -0.2) is 16.1 Å². The van der Waals surface area contributed by atoms with Gasteiger partial charge >= 0.3 is 0 Å². The van der Waals surface area contributed by atoms with Gasteiger partial charge in [-0.1, -0.05) is 52.5 Å². The zero-order chi connectivity index (χ0) is 23.9. The van der Waals surface area contributed by atoms with Crippen molar-refractivity contribution in [3.63, 3.8) is 0 Å². The molecule has 0 aromatic heterocycles. The second-order valence-electron chi connectivity index (χ2n) is 7.84. The molecule has 170 valence electrons. The molecule has 4 rings (SSSR count). The lowest BCUT2D eigenvalue weighted by Gasteiger charge is -2.10. The Hall–Kier alpha value is -1.95. The monoisotopic (exact) mass is 540 g/mol. The van der Waals surface area contributed by atoms with Gasteiger partial charge in [-0.15, -0.1) is 23.2 Å². The van der Waals surface area contributed by atoms with Gasteiger partial charge in [0, 0.05) is 27.3 Å². The number of halogens is 5. The van der Waals surface area contributed by atoms with Crippen LogP contribution in [0.3, 0.4) is 0 Å². The molecule has 0 bridgehead atoms. The number of alkyl halides is 2. The van der Waals surface area contributed by atoms with Crippen LogP contribution in [0.4, 0.5) is 11.4 Å². The Bertz CT molecular complexity index is 1220. The van der Waals surface area contributed by atoms with Crippen molar-refractivity contribution < 1.29 is 9.59 Å². The summed E-state index contributed by atoms with van der Waals surface area (Å²) >= 11 is 31.2. The second-order valence-corrected chi connectivity index (χ2v) is 10.6. The van der Waals surface area contributed by atoms with E-state index in [1.54, 1.807) is 36.4 Å². The first kappa shape index (κ1) is 24.2. The molecule has 1 aliphatic rings. The molecule has 0 spiro atoms. The first-order chi connectivity index (χ1) is 15.6. The fourth-order valence-electron chi connectivity index (χ4n) is 3.65. The van der Waals surface area contributed by atoms with Gasteiger partial charge in [0.2, 0.25) is 5.91 Å². The van der Waals surface area contributed by atoms with Crippen molar-refractivity contribution >= 4 is 81.2 Å². The second kappa shape index (κ2) is 9.36. The molecule has 1 aliphatic carbocycles. The minimum Gasteiger partial charge on any atom is -0.326 e. The van der Waals surface area contributed by atoms with Crippen LogP contribution >= 0.6 is 58.0 Å². The van der Waals surface area contributed by atoms with E-state index in [0.717, 1.165) is 5.56 Å². The molecule has 9 heteroatoms. The summed E-state index contributed by atoms with van der Waals surface area (Å²) in [5.74, 6) is -2.00. The normalized spacial score (nSPS) is 18.5. The van der Waals surface area contributed by atoms with E-state index < -0.39 is 28.0 Å². The van der Waals surface area contributed by atoms with Crippen molar-refractivity contribution in [1.82, 2.24) is 0 Å². The van der Waals surface area contributed by atoms with Crippen molar-refractivity contribution in [3.8, 4) is 0 Å². The van der Waals surface area contributed by atoms with Crippen LogP contribution in [0.5, 0.6) is 0 Å². The first-order valence-corrected chi connectivity index (χ1v) is 11.8. The fourth-order valence-corrected chi connectivity index (χ4v) is 5.23. The SMILES string of the molecule is Cc1ccc(NC(=O)c2cc(NC(=O)C3C(c4cc(Cl)cc(Cl)c4)C3(Cl)Cl)ccc2Cl)cc1. The Labute approximate surface area is 216 Å². The number of rotatable bonds is 5. The van der Waals surface area contributed by atoms with Crippen LogP contribution in [0.2, 0.25) is 15.1 Å². The third-order valence-electron chi connectivity index (χ3n) is 5.37. The lowest BCUT2D eigenvalue weighted by Crippen LogP contribution is -2.18. The van der Waals surface area contributed by atoms with Gasteiger partial charge in [0.05, 0.1) is 16.5 Å². The van der Waals surface area contributed by atoms with Crippen LogP contribution in [-0.2, 0) is 4.79 Å². The number of carbonyl (C=O) groups is 2. The minimum atomic E-state index is -1.31. The summed E-state index contributed by atoms with van der Waals surface area (Å²) in [5, 5.41) is 6.66. The van der Waals surface area contributed by atoms with Crippen molar-refractivity contribution in [2.24, 2.45) is 5.92 Å². The summed E-state index contributed by atoms with van der Waals surface area (Å²) in [6.07, 6.45) is 0. The van der Waals surface area contributed by atoms with Gasteiger partial charge in [0.15, 0.2) is 0 Å². The predicted molar refractivity (Wildman–Crippen MR) is 136 cm³/mol. The van der Waals surface area contributed by atoms with Crippen molar-refractivity contribution in [2.45, 2.75) is 17.2 Å². The highest BCUT2D eigenvalue weighted by molar-refractivity contribution is 6.53. The summed E-state index contributed by atoms with van der Waals surface area (Å²) in [6, 6.07) is 17.0. The Morgan fingerprint density at radius 3 is 2.06 bits per heavy atom. The zero-order valence-corrected chi connectivity index (χ0v) is 20.9. The maximum absolute atomic E-state index is 13.0. The molecule has 2 amide bonds. The summed E-state index contributed by atoms with van der Waals surface area (Å²) < 4.78 is -1.31. The number of amides is 2. The molecule has 0 radical (unpaired) electrons. The van der Waals surface area contributed by atoms with Crippen molar-refractivity contribution in [1.29, 1.82) is 0 Å². The Morgan fingerprint density at radius 2 is 1.42 bits per heavy atom. The number of benzene rings is 3. The molecule has 2 N–H and O–H groups in total. The smallest absolute Gasteiger partial charge is 0.257 e. The van der Waals surface area contributed by atoms with Gasteiger partial charge in [0.25, 0.3) is 5.91 Å². The molecule has 1 saturated carbocycles. The van der Waals surface area contributed by atoms with Crippen LogP contribution in [0, 0.1) is 12.8 Å². The van der Waals surface area contributed by atoms with E-state index in [-0.39, 0.29) is 10.6 Å². The van der Waals surface area contributed by atoms with Crippen molar-refractivity contribution in [3.05, 3.63) is 92.4 Å². The number of aryl methyl sites for hydroxylation is 1. The average molecular weight is 543 g/mol. The van der Waals surface area contributed by atoms with E-state index in [4.69, 9.17) is 58.0 Å². The van der Waals surface area contributed by atoms with E-state index in [1.165, 1.54) is 12.1 Å². The number of hydrogen-bond acceptors (Lipinski definition) is 2. The number of hydrogen-bond donors (Lipinski definition) is 2. The highest BCUT2D eigenvalue weighted by atomic mass is 35.5. The molecule has 4 nitrogen and oxygen atoms in total. The van der Waals surface area contributed by atoms with Gasteiger partial charge < -0.3 is 10.6 Å². The van der Waals surface area contributed by atoms with E-state index in [0.29, 0.717) is 27.0 Å². The molecule has 3 aromatic rings. The standard InChI is InChI=1S/C24H17Cl5N2O2/c1-12-2-4-16(5-3-12)30-22(32)18-11-17(6-7-19(18)27)31-23(33)21-20(24(21,28)29)13-8-14(25)10-15(26)9-13/h2-11,20-21H,1H3,(H,30,32)(H,31,33). The van der Waals surface area contributed by atoms with E-state index in [9.17, 15) is 9.59 Å². The van der Waals surface area contributed by atoms with E-state index in [2.05, 4.69) is 10.6 Å². The summed E-state index contributed by atoms with van der Waals surface area (Å²) in [5.41, 5.74) is 2.98. The Morgan fingerprint density at radius 1 is 0.818 bits per heavy atom. The molecule has 2 atom stereocenters. The first-order valence-electron chi connectivity index (χ1n) is 9.88. The number of carbonyl (C=O) groups excluding carboxylic acids is 2. The van der Waals surface area contributed by atoms with E-state index >= 15 is 0 Å². The van der Waals surface area contributed by atoms with Gasteiger partial charge in [-0.25, -0.2) is 0 Å². The van der Waals surface area contributed by atoms with Crippen LogP contribution in [0.1, 0.15) is 27.4 Å². The Kier molecular flexibility index (Phi) is 6.86. The van der Waals surface area contributed by atoms with Crippen LogP contribution < -0.4 is 10.6 Å². The van der Waals surface area contributed by atoms with Gasteiger partial charge in [-0.05, 0) is 61.0 Å². The topological polar surface area (TPSA) is 58.2 Å². The quantitative estimate of drug-likeness (QED) is 0.324. The fraction of sp³-hybridized carbons (Fsp3) is 0.167. The van der Waals surface area contributed by atoms with Crippen LogP contribution in [0.15, 0.2) is 60.7 Å². The molecule has 2 unspecified atom stereocenters. The summed E-state index contributed by atoms with van der Waals surface area (Å²) in [4.78, 5) is 25.7. The lowest BCUT2D eigenvalue weighted by atomic mass is 10.1. The highest BCUT2D eigenvalue weighted by Crippen LogP contribution is 2.65. The third-order valence-corrected chi connectivity index (χ3v) is 7.07. The highest BCUT2D eigenvalue weighted by Gasteiger charge is 2.67. The number of anilines is 2. The third kappa shape index (κ3) is 5.26. The molecule has 1 fully saturated rings. The largest absolute Gasteiger partial charge is 0.326 e. The van der Waals surface area contributed by atoms with E-state index in [1.807, 2.05) is 19.1 Å². The summed E-state index contributed by atoms with van der Waals surface area (Å²) in [7, 11) is 0.